The van der Waals surface area contributed by atoms with Gasteiger partial charge in [0.1, 0.15) is 5.82 Å². The summed E-state index contributed by atoms with van der Waals surface area (Å²) in [6, 6.07) is 10.3. The zero-order valence-electron chi connectivity index (χ0n) is 17.0. The maximum atomic E-state index is 13.1. The molecule has 3 rings (SSSR count). The Kier molecular flexibility index (Phi) is 6.39. The van der Waals surface area contributed by atoms with Crippen molar-refractivity contribution in [2.75, 3.05) is 13.1 Å². The number of halogens is 1. The molecule has 1 saturated heterocycles. The molecule has 1 fully saturated rings. The molecular weight excluding hydrogens is 391 g/mol. The first kappa shape index (κ1) is 21.5. The molecule has 1 atom stereocenters. The highest BCUT2D eigenvalue weighted by molar-refractivity contribution is 7.89. The number of nitrogens with one attached hydrogen (secondary N) is 1. The molecule has 0 aliphatic carbocycles. The van der Waals surface area contributed by atoms with Gasteiger partial charge < -0.3 is 5.32 Å². The predicted octanol–water partition coefficient (Wildman–Crippen LogP) is 4.05. The van der Waals surface area contributed by atoms with E-state index in [4.69, 9.17) is 0 Å². The summed E-state index contributed by atoms with van der Waals surface area (Å²) in [4.78, 5) is 13.0. The zero-order valence-corrected chi connectivity index (χ0v) is 17.8. The zero-order chi connectivity index (χ0) is 21.2. The second-order valence-corrected chi connectivity index (χ2v) is 9.75. The lowest BCUT2D eigenvalue weighted by atomic mass is 10.0. The van der Waals surface area contributed by atoms with Crippen LogP contribution in [0.15, 0.2) is 47.4 Å². The van der Waals surface area contributed by atoms with Gasteiger partial charge in [-0.05, 0) is 68.0 Å². The molecule has 0 bridgehead atoms. The molecule has 1 unspecified atom stereocenters. The fourth-order valence-electron chi connectivity index (χ4n) is 3.49. The Morgan fingerprint density at radius 1 is 1.14 bits per heavy atom. The van der Waals surface area contributed by atoms with Crippen molar-refractivity contribution in [3.8, 4) is 0 Å². The number of carbonyl (C=O) groups excluding carboxylic acids is 1. The Bertz CT molecular complexity index is 982. The normalized spacial score (nSPS) is 17.1. The van der Waals surface area contributed by atoms with Crippen LogP contribution in [0.1, 0.15) is 54.2 Å². The molecule has 1 aliphatic heterocycles. The van der Waals surface area contributed by atoms with E-state index in [2.05, 4.69) is 12.2 Å². The summed E-state index contributed by atoms with van der Waals surface area (Å²) in [6.45, 7) is 6.70. The van der Waals surface area contributed by atoms with Crippen LogP contribution in [0.4, 0.5) is 4.39 Å². The van der Waals surface area contributed by atoms with E-state index >= 15 is 0 Å². The number of rotatable bonds is 5. The Hall–Kier alpha value is -2.25. The minimum Gasteiger partial charge on any atom is -0.346 e. The lowest BCUT2D eigenvalue weighted by molar-refractivity contribution is 0.0939. The van der Waals surface area contributed by atoms with E-state index in [0.717, 1.165) is 18.4 Å². The number of carbonyl (C=O) groups is 1. The van der Waals surface area contributed by atoms with E-state index in [-0.39, 0.29) is 22.7 Å². The quantitative estimate of drug-likeness (QED) is 0.797. The van der Waals surface area contributed by atoms with Gasteiger partial charge in [-0.1, -0.05) is 25.1 Å². The molecule has 2 aromatic carbocycles. The monoisotopic (exact) mass is 418 g/mol. The van der Waals surface area contributed by atoms with Crippen LogP contribution in [0, 0.1) is 18.7 Å². The second-order valence-electron chi connectivity index (χ2n) is 7.81. The second kappa shape index (κ2) is 8.63. The molecule has 0 aromatic heterocycles. The summed E-state index contributed by atoms with van der Waals surface area (Å²) in [5.74, 6) is -0.175. The third-order valence-corrected chi connectivity index (χ3v) is 7.45. The smallest absolute Gasteiger partial charge is 0.252 e. The maximum Gasteiger partial charge on any atom is 0.252 e. The highest BCUT2D eigenvalue weighted by Gasteiger charge is 2.29. The number of aryl methyl sites for hydroxylation is 1. The van der Waals surface area contributed by atoms with Crippen molar-refractivity contribution < 1.29 is 17.6 Å². The van der Waals surface area contributed by atoms with Crippen molar-refractivity contribution in [3.63, 3.8) is 0 Å². The predicted molar refractivity (Wildman–Crippen MR) is 111 cm³/mol. The Labute approximate surface area is 172 Å². The largest absolute Gasteiger partial charge is 0.346 e. The van der Waals surface area contributed by atoms with Crippen molar-refractivity contribution in [2.45, 2.75) is 44.6 Å². The molecule has 0 saturated carbocycles. The molecule has 5 nitrogen and oxygen atoms in total. The molecule has 0 radical (unpaired) electrons. The van der Waals surface area contributed by atoms with Crippen LogP contribution in [-0.4, -0.2) is 31.7 Å². The Morgan fingerprint density at radius 2 is 1.76 bits per heavy atom. The van der Waals surface area contributed by atoms with Gasteiger partial charge in [-0.2, -0.15) is 4.31 Å². The van der Waals surface area contributed by atoms with Crippen LogP contribution in [0.3, 0.4) is 0 Å². The number of nitrogens with zero attached hydrogens (tertiary/aromatic N) is 1. The van der Waals surface area contributed by atoms with Crippen LogP contribution < -0.4 is 5.32 Å². The Morgan fingerprint density at radius 3 is 2.38 bits per heavy atom. The lowest BCUT2D eigenvalue weighted by Crippen LogP contribution is -2.38. The van der Waals surface area contributed by atoms with Crippen molar-refractivity contribution in [1.29, 1.82) is 0 Å². The van der Waals surface area contributed by atoms with Crippen LogP contribution in [0.2, 0.25) is 0 Å². The summed E-state index contributed by atoms with van der Waals surface area (Å²) >= 11 is 0. The molecule has 1 aliphatic rings. The maximum absolute atomic E-state index is 13.1. The van der Waals surface area contributed by atoms with Gasteiger partial charge in [0.25, 0.3) is 5.91 Å². The molecule has 1 N–H and O–H groups in total. The van der Waals surface area contributed by atoms with E-state index < -0.39 is 10.0 Å². The lowest BCUT2D eigenvalue weighted by Gasteiger charge is -2.29. The topological polar surface area (TPSA) is 66.5 Å². The summed E-state index contributed by atoms with van der Waals surface area (Å²) < 4.78 is 40.6. The fourth-order valence-corrected chi connectivity index (χ4v) is 4.99. The molecule has 7 heteroatoms. The number of benzene rings is 2. The number of piperidine rings is 1. The van der Waals surface area contributed by atoms with Crippen LogP contribution in [0.25, 0.3) is 0 Å². The molecular formula is C22H27FN2O3S. The van der Waals surface area contributed by atoms with Crippen molar-refractivity contribution in [2.24, 2.45) is 5.92 Å². The highest BCUT2D eigenvalue weighted by atomic mass is 32.2. The van der Waals surface area contributed by atoms with Gasteiger partial charge in [0.2, 0.25) is 10.0 Å². The van der Waals surface area contributed by atoms with Gasteiger partial charge in [-0.15, -0.1) is 0 Å². The summed E-state index contributed by atoms with van der Waals surface area (Å²) in [5, 5.41) is 2.87. The average molecular weight is 419 g/mol. The van der Waals surface area contributed by atoms with Gasteiger partial charge in [0, 0.05) is 18.7 Å². The molecule has 1 amide bonds. The van der Waals surface area contributed by atoms with Gasteiger partial charge in [0.15, 0.2) is 0 Å². The molecule has 29 heavy (non-hydrogen) atoms. The molecule has 2 aromatic rings. The first-order valence-corrected chi connectivity index (χ1v) is 11.3. The molecule has 0 spiro atoms. The van der Waals surface area contributed by atoms with Crippen molar-refractivity contribution in [3.05, 3.63) is 65.0 Å². The highest BCUT2D eigenvalue weighted by Crippen LogP contribution is 2.25. The van der Waals surface area contributed by atoms with Crippen LogP contribution in [-0.2, 0) is 10.0 Å². The number of sulfonamides is 1. The average Bonchev–Trinajstić information content (AvgIpc) is 2.68. The first-order chi connectivity index (χ1) is 13.7. The van der Waals surface area contributed by atoms with Crippen LogP contribution in [0.5, 0.6) is 0 Å². The molecule has 156 valence electrons. The number of hydrogen-bond acceptors (Lipinski definition) is 3. The SMILES string of the molecule is Cc1ccc(S(=O)(=O)N2CCC(C)CC2)cc1C(=O)NC(C)c1ccc(F)cc1. The van der Waals surface area contributed by atoms with Crippen molar-refractivity contribution in [1.82, 2.24) is 9.62 Å². The Balaban J connectivity index is 1.81. The summed E-state index contributed by atoms with van der Waals surface area (Å²) in [6.07, 6.45) is 1.68. The minimum absolute atomic E-state index is 0.136. The third-order valence-electron chi connectivity index (χ3n) is 5.55. The van der Waals surface area contributed by atoms with Gasteiger partial charge in [-0.25, -0.2) is 12.8 Å². The number of amides is 1. The summed E-state index contributed by atoms with van der Waals surface area (Å²) in [7, 11) is -3.63. The van der Waals surface area contributed by atoms with Gasteiger partial charge in [0.05, 0.1) is 10.9 Å². The van der Waals surface area contributed by atoms with E-state index in [0.29, 0.717) is 30.1 Å². The summed E-state index contributed by atoms with van der Waals surface area (Å²) in [5.41, 5.74) is 1.79. The van der Waals surface area contributed by atoms with Crippen molar-refractivity contribution >= 4 is 15.9 Å². The van der Waals surface area contributed by atoms with E-state index in [9.17, 15) is 17.6 Å². The van der Waals surface area contributed by atoms with Gasteiger partial charge >= 0.3 is 0 Å². The van der Waals surface area contributed by atoms with E-state index in [1.165, 1.54) is 22.5 Å². The number of hydrogen-bond donors (Lipinski definition) is 1. The fraction of sp³-hybridized carbons (Fsp3) is 0.409. The first-order valence-electron chi connectivity index (χ1n) is 9.85. The molecule has 1 heterocycles. The standard InChI is InChI=1S/C22H27FN2O3S/c1-15-10-12-25(13-11-15)29(27,28)20-9-4-16(2)21(14-20)22(26)24-17(3)18-5-7-19(23)8-6-18/h4-9,14-15,17H,10-13H2,1-3H3,(H,24,26). The van der Waals surface area contributed by atoms with E-state index in [1.807, 2.05) is 0 Å². The third kappa shape index (κ3) is 4.85. The van der Waals surface area contributed by atoms with E-state index in [1.54, 1.807) is 38.1 Å². The minimum atomic E-state index is -3.63. The van der Waals surface area contributed by atoms with Crippen LogP contribution >= 0.6 is 0 Å². The van der Waals surface area contributed by atoms with Gasteiger partial charge in [-0.3, -0.25) is 4.79 Å².